The second-order valence-corrected chi connectivity index (χ2v) is 7.47. The van der Waals surface area contributed by atoms with Gasteiger partial charge in [-0.2, -0.15) is 0 Å². The SMILES string of the molecule is COc1ccccc1C(CNS(=O)(=O)c1cc(Cl)ccc1Cl)OC. The van der Waals surface area contributed by atoms with E-state index in [4.69, 9.17) is 32.7 Å². The standard InChI is InChI=1S/C16H17Cl2NO4S/c1-22-14-6-4-3-5-12(14)15(23-2)10-19-24(20,21)16-9-11(17)7-8-13(16)18/h3-9,15,19H,10H2,1-2H3. The summed E-state index contributed by atoms with van der Waals surface area (Å²) < 4.78 is 38.1. The minimum Gasteiger partial charge on any atom is -0.496 e. The van der Waals surface area contributed by atoms with Crippen molar-refractivity contribution in [2.75, 3.05) is 20.8 Å². The lowest BCUT2D eigenvalue weighted by atomic mass is 10.1. The highest BCUT2D eigenvalue weighted by Crippen LogP contribution is 2.28. The van der Waals surface area contributed by atoms with Crippen molar-refractivity contribution in [3.05, 3.63) is 58.1 Å². The van der Waals surface area contributed by atoms with E-state index in [0.717, 1.165) is 5.56 Å². The summed E-state index contributed by atoms with van der Waals surface area (Å²) in [7, 11) is -0.792. The van der Waals surface area contributed by atoms with Crippen molar-refractivity contribution in [3.63, 3.8) is 0 Å². The summed E-state index contributed by atoms with van der Waals surface area (Å²) in [6.45, 7) is 0.0159. The van der Waals surface area contributed by atoms with Crippen molar-refractivity contribution in [2.24, 2.45) is 0 Å². The van der Waals surface area contributed by atoms with E-state index in [1.807, 2.05) is 18.2 Å². The third kappa shape index (κ3) is 4.40. The van der Waals surface area contributed by atoms with Crippen LogP contribution in [0, 0.1) is 0 Å². The molecule has 0 bridgehead atoms. The summed E-state index contributed by atoms with van der Waals surface area (Å²) in [5, 5.41) is 0.381. The van der Waals surface area contributed by atoms with E-state index in [0.29, 0.717) is 5.75 Å². The average molecular weight is 390 g/mol. The Hall–Kier alpha value is -1.31. The van der Waals surface area contributed by atoms with Gasteiger partial charge < -0.3 is 9.47 Å². The lowest BCUT2D eigenvalue weighted by molar-refractivity contribution is 0.105. The number of para-hydroxylation sites is 1. The van der Waals surface area contributed by atoms with Crippen molar-refractivity contribution in [2.45, 2.75) is 11.0 Å². The van der Waals surface area contributed by atoms with Gasteiger partial charge in [0.1, 0.15) is 10.6 Å². The number of halogens is 2. The Bertz CT molecular complexity index is 811. The topological polar surface area (TPSA) is 64.6 Å². The maximum Gasteiger partial charge on any atom is 0.242 e. The number of methoxy groups -OCH3 is 2. The zero-order valence-corrected chi connectivity index (χ0v) is 15.5. The molecule has 5 nitrogen and oxygen atoms in total. The van der Waals surface area contributed by atoms with Crippen LogP contribution in [-0.4, -0.2) is 29.2 Å². The molecule has 1 N–H and O–H groups in total. The first-order chi connectivity index (χ1) is 11.4. The smallest absolute Gasteiger partial charge is 0.242 e. The Morgan fingerprint density at radius 3 is 2.50 bits per heavy atom. The number of benzene rings is 2. The first kappa shape index (κ1) is 19.0. The van der Waals surface area contributed by atoms with Crippen LogP contribution in [0.1, 0.15) is 11.7 Å². The predicted molar refractivity (Wildman–Crippen MR) is 94.4 cm³/mol. The van der Waals surface area contributed by atoms with Gasteiger partial charge in [0.05, 0.1) is 18.2 Å². The van der Waals surface area contributed by atoms with Crippen LogP contribution >= 0.6 is 23.2 Å². The van der Waals surface area contributed by atoms with Crippen molar-refractivity contribution in [1.82, 2.24) is 4.72 Å². The van der Waals surface area contributed by atoms with Crippen molar-refractivity contribution >= 4 is 33.2 Å². The van der Waals surface area contributed by atoms with Gasteiger partial charge in [-0.1, -0.05) is 41.4 Å². The maximum atomic E-state index is 12.5. The molecule has 0 aliphatic carbocycles. The maximum absolute atomic E-state index is 12.5. The molecule has 0 amide bonds. The Kier molecular flexibility index (Phi) is 6.48. The van der Waals surface area contributed by atoms with Gasteiger partial charge in [0.15, 0.2) is 0 Å². The number of rotatable bonds is 7. The Labute approximate surface area is 151 Å². The fourth-order valence-electron chi connectivity index (χ4n) is 2.20. The van der Waals surface area contributed by atoms with Gasteiger partial charge in [0.2, 0.25) is 10.0 Å². The molecule has 0 heterocycles. The minimum absolute atomic E-state index is 0.0159. The minimum atomic E-state index is -3.83. The molecule has 24 heavy (non-hydrogen) atoms. The van der Waals surface area contributed by atoms with Gasteiger partial charge in [-0.05, 0) is 24.3 Å². The van der Waals surface area contributed by atoms with Gasteiger partial charge in [0, 0.05) is 24.2 Å². The molecule has 0 saturated carbocycles. The molecule has 2 aromatic rings. The normalized spacial score (nSPS) is 12.8. The second kappa shape index (κ2) is 8.18. The number of sulfonamides is 1. The van der Waals surface area contributed by atoms with Crippen LogP contribution in [0.15, 0.2) is 47.4 Å². The Morgan fingerprint density at radius 1 is 1.12 bits per heavy atom. The highest BCUT2D eigenvalue weighted by molar-refractivity contribution is 7.89. The zero-order valence-electron chi connectivity index (χ0n) is 13.1. The van der Waals surface area contributed by atoms with E-state index >= 15 is 0 Å². The highest BCUT2D eigenvalue weighted by atomic mass is 35.5. The molecule has 2 aromatic carbocycles. The van der Waals surface area contributed by atoms with Crippen LogP contribution in [0.4, 0.5) is 0 Å². The summed E-state index contributed by atoms with van der Waals surface area (Å²) in [5.74, 6) is 0.615. The molecule has 130 valence electrons. The summed E-state index contributed by atoms with van der Waals surface area (Å²) in [5.41, 5.74) is 0.738. The number of ether oxygens (including phenoxy) is 2. The Balaban J connectivity index is 2.22. The monoisotopic (exact) mass is 389 g/mol. The van der Waals surface area contributed by atoms with E-state index < -0.39 is 16.1 Å². The van der Waals surface area contributed by atoms with Crippen LogP contribution in [0.25, 0.3) is 0 Å². The van der Waals surface area contributed by atoms with E-state index in [1.54, 1.807) is 13.2 Å². The molecule has 2 rings (SSSR count). The summed E-state index contributed by atoms with van der Waals surface area (Å²) in [6, 6.07) is 11.5. The van der Waals surface area contributed by atoms with E-state index in [2.05, 4.69) is 4.72 Å². The van der Waals surface area contributed by atoms with E-state index in [9.17, 15) is 8.42 Å². The van der Waals surface area contributed by atoms with Gasteiger partial charge in [-0.15, -0.1) is 0 Å². The zero-order chi connectivity index (χ0) is 17.7. The van der Waals surface area contributed by atoms with Crippen LogP contribution < -0.4 is 9.46 Å². The molecule has 0 spiro atoms. The molecule has 1 atom stereocenters. The molecular formula is C16H17Cl2NO4S. The highest BCUT2D eigenvalue weighted by Gasteiger charge is 2.22. The van der Waals surface area contributed by atoms with Crippen LogP contribution in [-0.2, 0) is 14.8 Å². The molecule has 0 aliphatic heterocycles. The number of nitrogens with one attached hydrogen (secondary N) is 1. The van der Waals surface area contributed by atoms with Gasteiger partial charge in [-0.25, -0.2) is 13.1 Å². The lowest BCUT2D eigenvalue weighted by Crippen LogP contribution is -2.29. The second-order valence-electron chi connectivity index (χ2n) is 4.89. The summed E-state index contributed by atoms with van der Waals surface area (Å²) in [6.07, 6.45) is -0.520. The Morgan fingerprint density at radius 2 is 1.83 bits per heavy atom. The van der Waals surface area contributed by atoms with E-state index in [1.165, 1.54) is 25.3 Å². The van der Waals surface area contributed by atoms with Crippen LogP contribution in [0.2, 0.25) is 10.0 Å². The first-order valence-electron chi connectivity index (χ1n) is 6.99. The summed E-state index contributed by atoms with van der Waals surface area (Å²) in [4.78, 5) is -0.0773. The molecule has 1 unspecified atom stereocenters. The van der Waals surface area contributed by atoms with E-state index in [-0.39, 0.29) is 21.5 Å². The average Bonchev–Trinajstić information content (AvgIpc) is 2.57. The van der Waals surface area contributed by atoms with Crippen LogP contribution in [0.3, 0.4) is 0 Å². The van der Waals surface area contributed by atoms with Crippen molar-refractivity contribution in [1.29, 1.82) is 0 Å². The summed E-state index contributed by atoms with van der Waals surface area (Å²) >= 11 is 11.8. The predicted octanol–water partition coefficient (Wildman–Crippen LogP) is 3.67. The van der Waals surface area contributed by atoms with Crippen molar-refractivity contribution < 1.29 is 17.9 Å². The third-order valence-electron chi connectivity index (χ3n) is 3.41. The third-order valence-corrected chi connectivity index (χ3v) is 5.55. The molecule has 0 fully saturated rings. The van der Waals surface area contributed by atoms with Gasteiger partial charge in [-0.3, -0.25) is 0 Å². The quantitative estimate of drug-likeness (QED) is 0.784. The largest absolute Gasteiger partial charge is 0.496 e. The molecule has 0 saturated heterocycles. The lowest BCUT2D eigenvalue weighted by Gasteiger charge is -2.19. The fraction of sp³-hybridized carbons (Fsp3) is 0.250. The molecule has 0 radical (unpaired) electrons. The number of hydrogen-bond donors (Lipinski definition) is 1. The molecule has 0 aromatic heterocycles. The van der Waals surface area contributed by atoms with Gasteiger partial charge >= 0.3 is 0 Å². The fourth-order valence-corrected chi connectivity index (χ4v) is 3.99. The molecule has 0 aliphatic rings. The first-order valence-corrected chi connectivity index (χ1v) is 9.23. The van der Waals surface area contributed by atoms with Gasteiger partial charge in [0.25, 0.3) is 0 Å². The van der Waals surface area contributed by atoms with Crippen molar-refractivity contribution in [3.8, 4) is 5.75 Å². The molecule has 8 heteroatoms. The number of hydrogen-bond acceptors (Lipinski definition) is 4. The van der Waals surface area contributed by atoms with Crippen LogP contribution in [0.5, 0.6) is 5.75 Å². The molecular weight excluding hydrogens is 373 g/mol.